The molecule has 0 radical (unpaired) electrons. The fourth-order valence-electron chi connectivity index (χ4n) is 3.59. The fraction of sp³-hybridized carbons (Fsp3) is 0.733. The summed E-state index contributed by atoms with van der Waals surface area (Å²) in [5, 5.41) is 17.3. The van der Waals surface area contributed by atoms with E-state index in [1.807, 2.05) is 16.9 Å². The van der Waals surface area contributed by atoms with Crippen molar-refractivity contribution in [2.75, 3.05) is 18.4 Å². The summed E-state index contributed by atoms with van der Waals surface area (Å²) in [6, 6.07) is 2.48. The van der Waals surface area contributed by atoms with Gasteiger partial charge in [0.1, 0.15) is 0 Å². The molecule has 1 saturated heterocycles. The van der Waals surface area contributed by atoms with Crippen molar-refractivity contribution in [1.29, 1.82) is 0 Å². The molecule has 21 heavy (non-hydrogen) atoms. The quantitative estimate of drug-likeness (QED) is 0.883. The van der Waals surface area contributed by atoms with Gasteiger partial charge in [-0.2, -0.15) is 5.10 Å². The van der Waals surface area contributed by atoms with E-state index < -0.39 is 0 Å². The zero-order chi connectivity index (χ0) is 14.8. The molecule has 0 spiro atoms. The SMILES string of the molecule is CC(=O)Nc1ccn([C@@H]2CCN([C@H]3CCCC[C@@H]3O)C2)n1. The summed E-state index contributed by atoms with van der Waals surface area (Å²) >= 11 is 0. The van der Waals surface area contributed by atoms with Gasteiger partial charge in [0.25, 0.3) is 0 Å². The Morgan fingerprint density at radius 2 is 2.19 bits per heavy atom. The van der Waals surface area contributed by atoms with Crippen molar-refractivity contribution in [1.82, 2.24) is 14.7 Å². The number of carbonyl (C=O) groups is 1. The predicted molar refractivity (Wildman–Crippen MR) is 80.0 cm³/mol. The minimum Gasteiger partial charge on any atom is -0.391 e. The third kappa shape index (κ3) is 3.27. The Labute approximate surface area is 125 Å². The fourth-order valence-corrected chi connectivity index (χ4v) is 3.59. The Morgan fingerprint density at radius 1 is 1.38 bits per heavy atom. The van der Waals surface area contributed by atoms with Crippen LogP contribution >= 0.6 is 0 Å². The number of nitrogens with zero attached hydrogens (tertiary/aromatic N) is 3. The molecule has 3 rings (SSSR count). The normalized spacial score (nSPS) is 30.5. The summed E-state index contributed by atoms with van der Waals surface area (Å²) in [7, 11) is 0. The molecule has 1 saturated carbocycles. The number of anilines is 1. The van der Waals surface area contributed by atoms with E-state index in [9.17, 15) is 9.90 Å². The Kier molecular flexibility index (Phi) is 4.26. The van der Waals surface area contributed by atoms with Crippen LogP contribution in [0.3, 0.4) is 0 Å². The van der Waals surface area contributed by atoms with Gasteiger partial charge in [0, 0.05) is 38.3 Å². The molecule has 6 nitrogen and oxygen atoms in total. The molecule has 3 atom stereocenters. The molecule has 6 heteroatoms. The van der Waals surface area contributed by atoms with Crippen molar-refractivity contribution in [3.05, 3.63) is 12.3 Å². The van der Waals surface area contributed by atoms with E-state index in [1.165, 1.54) is 13.3 Å². The van der Waals surface area contributed by atoms with Crippen molar-refractivity contribution < 1.29 is 9.90 Å². The molecule has 2 fully saturated rings. The summed E-state index contributed by atoms with van der Waals surface area (Å²) in [5.41, 5.74) is 0. The molecule has 1 aliphatic heterocycles. The maximum absolute atomic E-state index is 11.0. The summed E-state index contributed by atoms with van der Waals surface area (Å²) in [6.07, 6.45) is 7.20. The van der Waals surface area contributed by atoms with Gasteiger partial charge in [0.15, 0.2) is 5.82 Å². The van der Waals surface area contributed by atoms with Crippen LogP contribution in [0.1, 0.15) is 45.1 Å². The highest BCUT2D eigenvalue weighted by Crippen LogP contribution is 2.30. The number of amides is 1. The van der Waals surface area contributed by atoms with Gasteiger partial charge in [-0.1, -0.05) is 12.8 Å². The molecule has 2 aliphatic rings. The maximum atomic E-state index is 11.0. The number of carbonyl (C=O) groups excluding carboxylic acids is 1. The number of nitrogens with one attached hydrogen (secondary N) is 1. The average molecular weight is 292 g/mol. The number of aliphatic hydroxyl groups is 1. The van der Waals surface area contributed by atoms with Crippen LogP contribution in [0.5, 0.6) is 0 Å². The van der Waals surface area contributed by atoms with Crippen LogP contribution in [-0.2, 0) is 4.79 Å². The van der Waals surface area contributed by atoms with Crippen LogP contribution in [0.2, 0.25) is 0 Å². The lowest BCUT2D eigenvalue weighted by Gasteiger charge is -2.35. The lowest BCUT2D eigenvalue weighted by Crippen LogP contribution is -2.44. The zero-order valence-corrected chi connectivity index (χ0v) is 12.5. The lowest BCUT2D eigenvalue weighted by molar-refractivity contribution is -0.114. The van der Waals surface area contributed by atoms with E-state index in [0.717, 1.165) is 38.8 Å². The molecule has 1 aliphatic carbocycles. The van der Waals surface area contributed by atoms with E-state index in [2.05, 4.69) is 15.3 Å². The van der Waals surface area contributed by atoms with Crippen molar-refractivity contribution >= 4 is 11.7 Å². The van der Waals surface area contributed by atoms with Gasteiger partial charge in [-0.15, -0.1) is 0 Å². The van der Waals surface area contributed by atoms with E-state index in [-0.39, 0.29) is 12.0 Å². The van der Waals surface area contributed by atoms with Gasteiger partial charge in [-0.3, -0.25) is 14.4 Å². The molecule has 1 aromatic rings. The van der Waals surface area contributed by atoms with Gasteiger partial charge in [-0.05, 0) is 19.3 Å². The molecule has 0 aromatic carbocycles. The van der Waals surface area contributed by atoms with E-state index in [1.54, 1.807) is 0 Å². The van der Waals surface area contributed by atoms with Crippen molar-refractivity contribution in [3.8, 4) is 0 Å². The number of hydrogen-bond donors (Lipinski definition) is 2. The van der Waals surface area contributed by atoms with Crippen LogP contribution in [-0.4, -0.2) is 50.9 Å². The van der Waals surface area contributed by atoms with Gasteiger partial charge >= 0.3 is 0 Å². The third-order valence-corrected chi connectivity index (χ3v) is 4.64. The number of rotatable bonds is 3. The maximum Gasteiger partial charge on any atom is 0.222 e. The van der Waals surface area contributed by atoms with E-state index in [4.69, 9.17) is 0 Å². The summed E-state index contributed by atoms with van der Waals surface area (Å²) in [6.45, 7) is 3.44. The third-order valence-electron chi connectivity index (χ3n) is 4.64. The largest absolute Gasteiger partial charge is 0.391 e. The molecule has 1 aromatic heterocycles. The van der Waals surface area contributed by atoms with E-state index in [0.29, 0.717) is 17.9 Å². The summed E-state index contributed by atoms with van der Waals surface area (Å²) in [5.74, 6) is 0.511. The molecular weight excluding hydrogens is 268 g/mol. The molecular formula is C15H24N4O2. The lowest BCUT2D eigenvalue weighted by atomic mass is 9.91. The van der Waals surface area contributed by atoms with Crippen LogP contribution in [0.4, 0.5) is 5.82 Å². The first-order valence-corrected chi connectivity index (χ1v) is 7.88. The average Bonchev–Trinajstić information content (AvgIpc) is 3.07. The van der Waals surface area contributed by atoms with Gasteiger partial charge in [0.05, 0.1) is 12.1 Å². The highest BCUT2D eigenvalue weighted by molar-refractivity contribution is 5.87. The van der Waals surface area contributed by atoms with Crippen LogP contribution in [0.15, 0.2) is 12.3 Å². The van der Waals surface area contributed by atoms with Gasteiger partial charge in [-0.25, -0.2) is 0 Å². The van der Waals surface area contributed by atoms with Crippen molar-refractivity contribution in [2.45, 2.75) is 57.2 Å². The molecule has 2 heterocycles. The first-order chi connectivity index (χ1) is 10.1. The monoisotopic (exact) mass is 292 g/mol. The molecule has 0 unspecified atom stereocenters. The molecule has 2 N–H and O–H groups in total. The number of aromatic nitrogens is 2. The second-order valence-corrected chi connectivity index (χ2v) is 6.22. The molecule has 0 bridgehead atoms. The Balaban J connectivity index is 1.61. The number of likely N-dealkylation sites (tertiary alicyclic amines) is 1. The minimum atomic E-state index is -0.176. The van der Waals surface area contributed by atoms with Crippen molar-refractivity contribution in [2.24, 2.45) is 0 Å². The van der Waals surface area contributed by atoms with Crippen molar-refractivity contribution in [3.63, 3.8) is 0 Å². The first kappa shape index (κ1) is 14.5. The van der Waals surface area contributed by atoms with Crippen LogP contribution in [0, 0.1) is 0 Å². The van der Waals surface area contributed by atoms with E-state index >= 15 is 0 Å². The van der Waals surface area contributed by atoms with Crippen LogP contribution < -0.4 is 5.32 Å². The minimum absolute atomic E-state index is 0.0985. The highest BCUT2D eigenvalue weighted by atomic mass is 16.3. The summed E-state index contributed by atoms with van der Waals surface area (Å²) < 4.78 is 1.94. The highest BCUT2D eigenvalue weighted by Gasteiger charge is 2.34. The number of hydrogen-bond acceptors (Lipinski definition) is 4. The second kappa shape index (κ2) is 6.15. The predicted octanol–water partition coefficient (Wildman–Crippen LogP) is 1.39. The van der Waals surface area contributed by atoms with Gasteiger partial charge < -0.3 is 10.4 Å². The molecule has 116 valence electrons. The topological polar surface area (TPSA) is 70.4 Å². The Morgan fingerprint density at radius 3 is 2.95 bits per heavy atom. The zero-order valence-electron chi connectivity index (χ0n) is 12.5. The number of aliphatic hydroxyl groups excluding tert-OH is 1. The smallest absolute Gasteiger partial charge is 0.222 e. The van der Waals surface area contributed by atoms with Gasteiger partial charge in [0.2, 0.25) is 5.91 Å². The Bertz CT molecular complexity index is 502. The standard InChI is InChI=1S/C15H24N4O2/c1-11(20)16-15-7-9-19(17-15)12-6-8-18(10-12)13-4-2-3-5-14(13)21/h7,9,12-14,21H,2-6,8,10H2,1H3,(H,16,17,20)/t12-,13+,14+/m1/s1. The molecule has 1 amide bonds. The van der Waals surface area contributed by atoms with Crippen LogP contribution in [0.25, 0.3) is 0 Å². The Hall–Kier alpha value is -1.40. The first-order valence-electron chi connectivity index (χ1n) is 7.88. The second-order valence-electron chi connectivity index (χ2n) is 6.22. The summed E-state index contributed by atoms with van der Waals surface area (Å²) in [4.78, 5) is 13.5.